The van der Waals surface area contributed by atoms with Crippen molar-refractivity contribution >= 4 is 23.8 Å². The highest BCUT2D eigenvalue weighted by Crippen LogP contribution is 2.28. The third-order valence-electron chi connectivity index (χ3n) is 5.01. The van der Waals surface area contributed by atoms with Crippen LogP contribution in [0, 0.1) is 11.8 Å². The van der Waals surface area contributed by atoms with Crippen molar-refractivity contribution in [2.45, 2.75) is 59.3 Å². The topological polar surface area (TPSA) is 150 Å². The average Bonchev–Trinajstić information content (AvgIpc) is 2.80. The van der Waals surface area contributed by atoms with Gasteiger partial charge in [0.25, 0.3) is 5.91 Å². The summed E-state index contributed by atoms with van der Waals surface area (Å²) in [5, 5.41) is 12.6. The Morgan fingerprint density at radius 3 is 2.58 bits per heavy atom. The van der Waals surface area contributed by atoms with E-state index in [0.717, 1.165) is 0 Å². The van der Waals surface area contributed by atoms with Crippen molar-refractivity contribution < 1.29 is 43.2 Å². The molecule has 1 aromatic heterocycles. The molecule has 0 bridgehead atoms. The maximum absolute atomic E-state index is 12.7. The van der Waals surface area contributed by atoms with Crippen LogP contribution in [-0.4, -0.2) is 65.4 Å². The number of amides is 1. The van der Waals surface area contributed by atoms with Crippen LogP contribution >= 0.6 is 0 Å². The first-order valence-electron chi connectivity index (χ1n) is 10.8. The van der Waals surface area contributed by atoms with E-state index in [2.05, 4.69) is 10.3 Å². The Balaban J connectivity index is 2.24. The van der Waals surface area contributed by atoms with Crippen molar-refractivity contribution in [1.82, 2.24) is 10.3 Å². The summed E-state index contributed by atoms with van der Waals surface area (Å²) < 4.78 is 21.3. The molecule has 0 aromatic carbocycles. The van der Waals surface area contributed by atoms with Crippen LogP contribution in [-0.2, 0) is 28.6 Å². The third kappa shape index (κ3) is 6.33. The number of carbonyl (C=O) groups excluding carboxylic acids is 4. The highest BCUT2D eigenvalue weighted by molar-refractivity contribution is 5.98. The number of ether oxygens (including phenoxy) is 4. The number of rotatable bonds is 7. The van der Waals surface area contributed by atoms with Gasteiger partial charge in [0.05, 0.1) is 18.4 Å². The van der Waals surface area contributed by atoms with E-state index in [1.807, 2.05) is 0 Å². The molecule has 1 fully saturated rings. The molecule has 1 saturated heterocycles. The molecule has 4 atom stereocenters. The predicted octanol–water partition coefficient (Wildman–Crippen LogP) is 1.37. The zero-order chi connectivity index (χ0) is 24.7. The fourth-order valence-corrected chi connectivity index (χ4v) is 3.18. The van der Waals surface area contributed by atoms with Gasteiger partial charge in [-0.15, -0.1) is 0 Å². The first kappa shape index (κ1) is 25.9. The maximum Gasteiger partial charge on any atom is 0.332 e. The number of nitrogens with one attached hydrogen (secondary N) is 1. The summed E-state index contributed by atoms with van der Waals surface area (Å²) in [5.41, 5.74) is -0.372. The maximum atomic E-state index is 12.7. The quantitative estimate of drug-likeness (QED) is 0.445. The SMILES string of the molecule is CCOc1ccnc(C(=O)NC2COC(=O)C(CC)C(OC(=O)C(C)C)C(C)OC2=O)c1O. The molecule has 0 radical (unpaired) electrons. The zero-order valence-electron chi connectivity index (χ0n) is 19.3. The summed E-state index contributed by atoms with van der Waals surface area (Å²) in [5.74, 6) is -4.79. The predicted molar refractivity (Wildman–Crippen MR) is 113 cm³/mol. The van der Waals surface area contributed by atoms with E-state index < -0.39 is 66.3 Å². The van der Waals surface area contributed by atoms with E-state index in [-0.39, 0.29) is 24.5 Å². The molecular weight excluding hydrogens is 436 g/mol. The number of hydrogen-bond acceptors (Lipinski definition) is 10. The fraction of sp³-hybridized carbons (Fsp3) is 0.591. The Morgan fingerprint density at radius 2 is 1.97 bits per heavy atom. The van der Waals surface area contributed by atoms with E-state index in [1.165, 1.54) is 19.2 Å². The number of nitrogens with zero attached hydrogens (tertiary/aromatic N) is 1. The lowest BCUT2D eigenvalue weighted by atomic mass is 9.95. The number of hydrogen-bond donors (Lipinski definition) is 2. The molecule has 2 heterocycles. The van der Waals surface area contributed by atoms with Crippen molar-refractivity contribution in [3.8, 4) is 11.5 Å². The van der Waals surface area contributed by atoms with Crippen LogP contribution in [0.25, 0.3) is 0 Å². The summed E-state index contributed by atoms with van der Waals surface area (Å²) in [6.45, 7) is 7.94. The highest BCUT2D eigenvalue weighted by atomic mass is 16.6. The minimum atomic E-state index is -1.38. The van der Waals surface area contributed by atoms with Gasteiger partial charge in [-0.3, -0.25) is 14.4 Å². The van der Waals surface area contributed by atoms with Gasteiger partial charge in [-0.2, -0.15) is 0 Å². The Kier molecular flexibility index (Phi) is 9.01. The minimum Gasteiger partial charge on any atom is -0.503 e. The van der Waals surface area contributed by atoms with Gasteiger partial charge in [0.15, 0.2) is 29.3 Å². The number of esters is 3. The Labute approximate surface area is 191 Å². The van der Waals surface area contributed by atoms with Crippen LogP contribution < -0.4 is 10.1 Å². The second kappa shape index (κ2) is 11.5. The fourth-order valence-electron chi connectivity index (χ4n) is 3.18. The summed E-state index contributed by atoms with van der Waals surface area (Å²) >= 11 is 0. The average molecular weight is 466 g/mol. The van der Waals surface area contributed by atoms with E-state index in [1.54, 1.807) is 27.7 Å². The van der Waals surface area contributed by atoms with Crippen molar-refractivity contribution in [3.63, 3.8) is 0 Å². The lowest BCUT2D eigenvalue weighted by molar-refractivity contribution is -0.176. The van der Waals surface area contributed by atoms with Crippen LogP contribution in [0.3, 0.4) is 0 Å². The second-order valence-electron chi connectivity index (χ2n) is 7.81. The number of pyridine rings is 1. The molecule has 1 amide bonds. The number of cyclic esters (lactones) is 2. The molecule has 1 aliphatic rings. The monoisotopic (exact) mass is 466 g/mol. The zero-order valence-corrected chi connectivity index (χ0v) is 19.3. The van der Waals surface area contributed by atoms with Gasteiger partial charge in [0.1, 0.15) is 12.7 Å². The number of aromatic hydroxyl groups is 1. The molecule has 1 aliphatic heterocycles. The molecule has 11 heteroatoms. The third-order valence-corrected chi connectivity index (χ3v) is 5.01. The van der Waals surface area contributed by atoms with Crippen molar-refractivity contribution in [2.75, 3.05) is 13.2 Å². The molecule has 4 unspecified atom stereocenters. The summed E-state index contributed by atoms with van der Waals surface area (Å²) in [7, 11) is 0. The molecule has 0 spiro atoms. The summed E-state index contributed by atoms with van der Waals surface area (Å²) in [4.78, 5) is 54.1. The molecule has 33 heavy (non-hydrogen) atoms. The van der Waals surface area contributed by atoms with Crippen LogP contribution in [0.4, 0.5) is 0 Å². The molecule has 2 N–H and O–H groups in total. The second-order valence-corrected chi connectivity index (χ2v) is 7.81. The van der Waals surface area contributed by atoms with Crippen molar-refractivity contribution in [1.29, 1.82) is 0 Å². The first-order valence-corrected chi connectivity index (χ1v) is 10.8. The lowest BCUT2D eigenvalue weighted by Crippen LogP contribution is -2.46. The molecule has 0 saturated carbocycles. The standard InChI is InChI=1S/C22H30N2O9/c1-6-13-18(33-20(27)11(3)4)12(5)32-22(29)14(10-31-21(13)28)24-19(26)16-17(25)15(30-7-2)8-9-23-16/h8-9,11-14,18,25H,6-7,10H2,1-5H3,(H,24,26). The Morgan fingerprint density at radius 1 is 1.27 bits per heavy atom. The molecular formula is C22H30N2O9. The molecule has 2 rings (SSSR count). The van der Waals surface area contributed by atoms with Crippen LogP contribution in [0.1, 0.15) is 51.5 Å². The molecule has 0 aliphatic carbocycles. The van der Waals surface area contributed by atoms with Gasteiger partial charge in [0, 0.05) is 12.3 Å². The van der Waals surface area contributed by atoms with E-state index in [9.17, 15) is 24.3 Å². The van der Waals surface area contributed by atoms with Gasteiger partial charge < -0.3 is 29.4 Å². The van der Waals surface area contributed by atoms with Crippen LogP contribution in [0.5, 0.6) is 11.5 Å². The van der Waals surface area contributed by atoms with E-state index >= 15 is 0 Å². The van der Waals surface area contributed by atoms with Gasteiger partial charge in [-0.1, -0.05) is 20.8 Å². The van der Waals surface area contributed by atoms with Gasteiger partial charge in [-0.25, -0.2) is 9.78 Å². The normalized spacial score (nSPS) is 23.5. The Hall–Kier alpha value is -3.37. The largest absolute Gasteiger partial charge is 0.503 e. The lowest BCUT2D eigenvalue weighted by Gasteiger charge is -2.29. The number of aromatic nitrogens is 1. The van der Waals surface area contributed by atoms with Crippen molar-refractivity contribution in [3.05, 3.63) is 18.0 Å². The molecule has 1 aromatic rings. The summed E-state index contributed by atoms with van der Waals surface area (Å²) in [6.07, 6.45) is -0.495. The summed E-state index contributed by atoms with van der Waals surface area (Å²) in [6, 6.07) is 0.00877. The van der Waals surface area contributed by atoms with Crippen LogP contribution in [0.2, 0.25) is 0 Å². The highest BCUT2D eigenvalue weighted by Gasteiger charge is 2.41. The van der Waals surface area contributed by atoms with Crippen LogP contribution in [0.15, 0.2) is 12.3 Å². The molecule has 182 valence electrons. The minimum absolute atomic E-state index is 0.0512. The van der Waals surface area contributed by atoms with Crippen molar-refractivity contribution in [2.24, 2.45) is 11.8 Å². The number of carbonyl (C=O) groups is 4. The van der Waals surface area contributed by atoms with Gasteiger partial charge in [-0.05, 0) is 20.3 Å². The van der Waals surface area contributed by atoms with E-state index in [4.69, 9.17) is 18.9 Å². The Bertz CT molecular complexity index is 887. The van der Waals surface area contributed by atoms with Gasteiger partial charge in [0.2, 0.25) is 0 Å². The molecule has 11 nitrogen and oxygen atoms in total. The van der Waals surface area contributed by atoms with E-state index in [0.29, 0.717) is 0 Å². The van der Waals surface area contributed by atoms with Gasteiger partial charge >= 0.3 is 17.9 Å². The first-order chi connectivity index (χ1) is 15.6. The smallest absolute Gasteiger partial charge is 0.332 e.